The largest absolute Gasteiger partial charge is 0.456 e. The minimum absolute atomic E-state index is 0.254. The molecule has 1 heteroatoms. The third kappa shape index (κ3) is 3.11. The van der Waals surface area contributed by atoms with Gasteiger partial charge in [0.1, 0.15) is 11.5 Å². The van der Waals surface area contributed by atoms with Crippen molar-refractivity contribution >= 4 is 53.9 Å². The number of para-hydroxylation sites is 1. The Morgan fingerprint density at radius 1 is 0.302 bits per heavy atom. The van der Waals surface area contributed by atoms with Crippen LogP contribution in [0.2, 0.25) is 0 Å². The van der Waals surface area contributed by atoms with Gasteiger partial charge in [-0.3, -0.25) is 0 Å². The Kier molecular flexibility index (Phi) is 1.96. The second-order valence-electron chi connectivity index (χ2n) is 9.76. The molecule has 0 aromatic heterocycles. The number of fused-ring (bicyclic) bond motifs is 3. The Morgan fingerprint density at radius 2 is 0.814 bits per heavy atom. The van der Waals surface area contributed by atoms with Gasteiger partial charge >= 0.3 is 0 Å². The van der Waals surface area contributed by atoms with Gasteiger partial charge in [-0.15, -0.1) is 0 Å². The van der Waals surface area contributed by atoms with Crippen LogP contribution in [0.25, 0.3) is 87.2 Å². The summed E-state index contributed by atoms with van der Waals surface area (Å²) in [6.45, 7) is 0. The van der Waals surface area contributed by atoms with E-state index in [-0.39, 0.29) is 26.9 Å². The summed E-state index contributed by atoms with van der Waals surface area (Å²) in [7, 11) is 0. The molecule has 0 unspecified atom stereocenters. The zero-order chi connectivity index (χ0) is 49.0. The molecular weight excluding hydrogens is 520 g/mol. The highest BCUT2D eigenvalue weighted by atomic mass is 16.5. The van der Waals surface area contributed by atoms with Crippen LogP contribution in [-0.2, 0) is 0 Å². The van der Waals surface area contributed by atoms with Gasteiger partial charge in [-0.25, -0.2) is 0 Å². The highest BCUT2D eigenvalue weighted by molar-refractivity contribution is 6.26. The molecule has 1 aliphatic rings. The molecule has 0 N–H and O–H groups in total. The van der Waals surface area contributed by atoms with Crippen LogP contribution in [-0.4, -0.2) is 0 Å². The van der Waals surface area contributed by atoms with Crippen molar-refractivity contribution in [3.63, 3.8) is 0 Å². The molecule has 198 valence electrons. The minimum atomic E-state index is -0.975. The highest BCUT2D eigenvalue weighted by Crippen LogP contribution is 2.49. The fourth-order valence-corrected chi connectivity index (χ4v) is 5.73. The molecule has 0 aliphatic carbocycles. The predicted octanol–water partition coefficient (Wildman–Crippen LogP) is 12.0. The van der Waals surface area contributed by atoms with E-state index >= 15 is 0 Å². The molecule has 0 saturated carbocycles. The van der Waals surface area contributed by atoms with E-state index in [0.717, 1.165) is 0 Å². The predicted molar refractivity (Wildman–Crippen MR) is 182 cm³/mol. The summed E-state index contributed by atoms with van der Waals surface area (Å²) in [5.41, 5.74) is -3.47. The molecule has 9 aromatic carbocycles. The van der Waals surface area contributed by atoms with Crippen molar-refractivity contribution < 1.29 is 37.6 Å². The van der Waals surface area contributed by atoms with Gasteiger partial charge in [0, 0.05) is 10.9 Å². The van der Waals surface area contributed by atoms with Gasteiger partial charge in [-0.1, -0.05) is 133 Å². The lowest BCUT2D eigenvalue weighted by Gasteiger charge is -2.23. The SMILES string of the molecule is [2H]c1c([2H])c([2H])c2c(c1[2H])Oc1c([2H])c([2H])c(-c3c([2H])c([2H])c([2H])c4c(-c5c([2H])c([2H])c6c([2H])c([2H])c7c([2H])c([2H])c([2H])c8c([2H])c([2H])c5c6c78)c([2H])c([2H])c([2H])c34)c3c([2H])c([2H])c([2H])c-2c13. The molecule has 0 spiro atoms. The van der Waals surface area contributed by atoms with E-state index in [2.05, 4.69) is 0 Å². The van der Waals surface area contributed by atoms with Crippen LogP contribution >= 0.6 is 0 Å². The van der Waals surface area contributed by atoms with E-state index in [1.54, 1.807) is 0 Å². The molecule has 0 amide bonds. The number of rotatable bonds is 2. The number of hydrogen-bond acceptors (Lipinski definition) is 1. The van der Waals surface area contributed by atoms with Crippen LogP contribution in [0.5, 0.6) is 11.5 Å². The van der Waals surface area contributed by atoms with Gasteiger partial charge in [0.15, 0.2) is 0 Å². The summed E-state index contributed by atoms with van der Waals surface area (Å²) in [5.74, 6) is -1.12. The van der Waals surface area contributed by atoms with Crippen molar-refractivity contribution in [2.45, 2.75) is 0 Å². The van der Waals surface area contributed by atoms with Crippen molar-refractivity contribution in [1.82, 2.24) is 0 Å². The number of ether oxygens (including phenoxy) is 1. The monoisotopic (exact) mass is 568 g/mol. The fraction of sp³-hybridized carbons (Fsp3) is 0. The van der Waals surface area contributed by atoms with Crippen LogP contribution in [0.4, 0.5) is 0 Å². The standard InChI is InChI=1S/C42H24O/c1-2-16-38-34(9-1)36-15-6-14-35-33(23-24-39(43-38)42(35)36)31-13-5-10-28-29(31)11-4-12-30(28)32-21-19-27-18-17-25-7-3-8-26-20-22-37(32)41(27)40(25)26/h1-24H/i1D,2D,3D,4D,5D,6D,7D,8D,9D,10D,11D,12D,13D,14D,15D,16D,17D,18D,19D,20D,21D,22D,23D,24D. The summed E-state index contributed by atoms with van der Waals surface area (Å²) in [5, 5.41) is -4.46. The summed E-state index contributed by atoms with van der Waals surface area (Å²) < 4.78 is 222. The topological polar surface area (TPSA) is 9.23 Å². The Hall–Kier alpha value is -5.66. The lowest BCUT2D eigenvalue weighted by molar-refractivity contribution is 0.487. The summed E-state index contributed by atoms with van der Waals surface area (Å²) in [6.07, 6.45) is 0. The van der Waals surface area contributed by atoms with Gasteiger partial charge in [-0.05, 0) is 88.4 Å². The Morgan fingerprint density at radius 3 is 1.58 bits per heavy atom. The molecule has 1 heterocycles. The van der Waals surface area contributed by atoms with Crippen LogP contribution in [0.3, 0.4) is 0 Å². The molecule has 43 heavy (non-hydrogen) atoms. The van der Waals surface area contributed by atoms with Gasteiger partial charge in [-0.2, -0.15) is 0 Å². The molecular formula is C42H24O. The molecule has 0 atom stereocenters. The van der Waals surface area contributed by atoms with Crippen molar-refractivity contribution in [2.75, 3.05) is 0 Å². The molecule has 0 radical (unpaired) electrons. The van der Waals surface area contributed by atoms with Crippen LogP contribution < -0.4 is 4.74 Å². The first-order valence-corrected chi connectivity index (χ1v) is 12.9. The van der Waals surface area contributed by atoms with E-state index in [1.165, 1.54) is 0 Å². The zero-order valence-electron chi connectivity index (χ0n) is 45.4. The molecule has 1 aliphatic heterocycles. The van der Waals surface area contributed by atoms with E-state index in [4.69, 9.17) is 23.9 Å². The van der Waals surface area contributed by atoms with Crippen molar-refractivity contribution in [3.05, 3.63) is 145 Å². The van der Waals surface area contributed by atoms with Gasteiger partial charge < -0.3 is 4.74 Å². The highest BCUT2D eigenvalue weighted by Gasteiger charge is 2.22. The molecule has 1 nitrogen and oxygen atoms in total. The van der Waals surface area contributed by atoms with E-state index in [1.807, 2.05) is 0 Å². The first-order chi connectivity index (χ1) is 31.3. The van der Waals surface area contributed by atoms with Crippen LogP contribution in [0.15, 0.2) is 145 Å². The zero-order valence-corrected chi connectivity index (χ0v) is 21.4. The third-order valence-corrected chi connectivity index (χ3v) is 7.57. The summed E-state index contributed by atoms with van der Waals surface area (Å²) >= 11 is 0. The van der Waals surface area contributed by atoms with Crippen molar-refractivity contribution in [1.29, 1.82) is 0 Å². The van der Waals surface area contributed by atoms with E-state index in [9.17, 15) is 13.7 Å². The van der Waals surface area contributed by atoms with Crippen molar-refractivity contribution in [3.8, 4) is 44.9 Å². The first kappa shape index (κ1) is 9.97. The molecule has 0 fully saturated rings. The smallest absolute Gasteiger partial charge is 0.135 e. The lowest BCUT2D eigenvalue weighted by atomic mass is 9.86. The van der Waals surface area contributed by atoms with E-state index < -0.39 is 217 Å². The normalized spacial score (nSPS) is 20.2. The maximum absolute atomic E-state index is 9.42. The Labute approximate surface area is 282 Å². The fourth-order valence-electron chi connectivity index (χ4n) is 5.73. The third-order valence-electron chi connectivity index (χ3n) is 7.57. The summed E-state index contributed by atoms with van der Waals surface area (Å²) in [6, 6.07) is -19.5. The summed E-state index contributed by atoms with van der Waals surface area (Å²) in [4.78, 5) is 0. The molecule has 0 bridgehead atoms. The minimum Gasteiger partial charge on any atom is -0.456 e. The van der Waals surface area contributed by atoms with Crippen LogP contribution in [0, 0.1) is 0 Å². The maximum Gasteiger partial charge on any atom is 0.135 e. The maximum atomic E-state index is 9.42. The van der Waals surface area contributed by atoms with Gasteiger partial charge in [0.05, 0.1) is 32.9 Å². The number of hydrogen-bond donors (Lipinski definition) is 0. The second-order valence-corrected chi connectivity index (χ2v) is 9.76. The molecule has 10 rings (SSSR count). The average Bonchev–Trinajstić information content (AvgIpc) is 3.29. The second kappa shape index (κ2) is 8.44. The average molecular weight is 569 g/mol. The van der Waals surface area contributed by atoms with Gasteiger partial charge in [0.2, 0.25) is 0 Å². The molecule has 0 saturated heterocycles. The Bertz CT molecular complexity index is 3910. The molecule has 9 aromatic rings. The van der Waals surface area contributed by atoms with Crippen molar-refractivity contribution in [2.24, 2.45) is 0 Å². The van der Waals surface area contributed by atoms with Crippen LogP contribution in [0.1, 0.15) is 32.9 Å². The van der Waals surface area contributed by atoms with Gasteiger partial charge in [0.25, 0.3) is 0 Å². The first-order valence-electron chi connectivity index (χ1n) is 24.9. The lowest BCUT2D eigenvalue weighted by Crippen LogP contribution is -1.97. The Balaban J connectivity index is 1.47. The van der Waals surface area contributed by atoms with E-state index in [0.29, 0.717) is 0 Å². The quantitative estimate of drug-likeness (QED) is 0.188. The number of benzene rings is 9.